The molecule has 2 aromatic heterocycles. The summed E-state index contributed by atoms with van der Waals surface area (Å²) in [5.74, 6) is 1.93. The van der Waals surface area contributed by atoms with Crippen LogP contribution in [0, 0.1) is 0 Å². The molecule has 4 heteroatoms. The highest BCUT2D eigenvalue weighted by atomic mass is 15.0. The van der Waals surface area contributed by atoms with Crippen molar-refractivity contribution in [3.63, 3.8) is 0 Å². The van der Waals surface area contributed by atoms with Crippen LogP contribution >= 0.6 is 0 Å². The molecule has 1 aliphatic rings. The highest BCUT2D eigenvalue weighted by molar-refractivity contribution is 6.14. The molecule has 0 saturated carbocycles. The van der Waals surface area contributed by atoms with Crippen molar-refractivity contribution in [1.29, 1.82) is 0 Å². The SMILES string of the molecule is CC1(C)CCC(C)(C)c2cc3c(cc21)c1cc2ccccc2cc1n3-c1cccc(-c2nc(-c3ccccc3)nc(-c3ccc(-c4ccccc4)c4ccccc34)n2)c1. The quantitative estimate of drug-likeness (QED) is 0.175. The molecular formula is C55H44N4. The van der Waals surface area contributed by atoms with Crippen molar-refractivity contribution in [1.82, 2.24) is 19.5 Å². The molecule has 284 valence electrons. The number of fused-ring (bicyclic) bond motifs is 6. The minimum Gasteiger partial charge on any atom is -0.309 e. The summed E-state index contributed by atoms with van der Waals surface area (Å²) in [7, 11) is 0. The van der Waals surface area contributed by atoms with Gasteiger partial charge in [0.2, 0.25) is 0 Å². The molecule has 59 heavy (non-hydrogen) atoms. The van der Waals surface area contributed by atoms with E-state index in [4.69, 9.17) is 15.0 Å². The number of aromatic nitrogens is 4. The first-order valence-corrected chi connectivity index (χ1v) is 20.7. The lowest BCUT2D eigenvalue weighted by molar-refractivity contribution is 0.332. The molecule has 0 radical (unpaired) electrons. The summed E-state index contributed by atoms with van der Waals surface area (Å²) < 4.78 is 2.47. The summed E-state index contributed by atoms with van der Waals surface area (Å²) >= 11 is 0. The van der Waals surface area contributed by atoms with Gasteiger partial charge in [0.05, 0.1) is 11.0 Å². The molecule has 0 bridgehead atoms. The van der Waals surface area contributed by atoms with E-state index in [9.17, 15) is 0 Å². The van der Waals surface area contributed by atoms with Crippen LogP contribution in [0.1, 0.15) is 51.7 Å². The molecule has 0 atom stereocenters. The zero-order valence-corrected chi connectivity index (χ0v) is 33.9. The standard InChI is InChI=1S/C55H44N4/c1-54(2)28-29-55(3,4)48-34-50-46(33-47(48)54)45-31-37-20-11-12-21-38(37)32-49(45)59(50)40-23-15-22-39(30-40)52-56-51(36-18-9-6-10-19-36)57-53(58-52)44-27-26-41(35-16-7-5-8-17-35)42-24-13-14-25-43(42)44/h5-27,30-34H,28-29H2,1-4H3. The smallest absolute Gasteiger partial charge is 0.164 e. The molecule has 2 heterocycles. The van der Waals surface area contributed by atoms with Gasteiger partial charge in [-0.05, 0) is 110 Å². The second-order valence-electron chi connectivity index (χ2n) is 17.5. The summed E-state index contributed by atoms with van der Waals surface area (Å²) in [5, 5.41) is 7.30. The van der Waals surface area contributed by atoms with Crippen molar-refractivity contribution in [2.24, 2.45) is 0 Å². The third kappa shape index (κ3) is 5.85. The zero-order valence-electron chi connectivity index (χ0n) is 33.9. The largest absolute Gasteiger partial charge is 0.309 e. The highest BCUT2D eigenvalue weighted by Gasteiger charge is 2.38. The molecule has 0 fully saturated rings. The van der Waals surface area contributed by atoms with E-state index in [1.165, 1.54) is 61.3 Å². The molecule has 0 N–H and O–H groups in total. The van der Waals surface area contributed by atoms with Crippen molar-refractivity contribution < 1.29 is 0 Å². The van der Waals surface area contributed by atoms with Gasteiger partial charge >= 0.3 is 0 Å². The number of nitrogens with zero attached hydrogens (tertiary/aromatic N) is 4. The fourth-order valence-electron chi connectivity index (χ4n) is 9.53. The Balaban J connectivity index is 1.14. The molecule has 10 aromatic rings. The van der Waals surface area contributed by atoms with Crippen molar-refractivity contribution >= 4 is 43.4 Å². The van der Waals surface area contributed by atoms with Gasteiger partial charge in [0.1, 0.15) is 0 Å². The average Bonchev–Trinajstić information content (AvgIpc) is 3.59. The Bertz CT molecular complexity index is 3270. The first-order valence-electron chi connectivity index (χ1n) is 20.7. The second kappa shape index (κ2) is 13.3. The highest BCUT2D eigenvalue weighted by Crippen LogP contribution is 2.49. The predicted molar refractivity (Wildman–Crippen MR) is 246 cm³/mol. The number of rotatable bonds is 5. The summed E-state index contributed by atoms with van der Waals surface area (Å²) in [6.07, 6.45) is 2.34. The van der Waals surface area contributed by atoms with Gasteiger partial charge in [-0.3, -0.25) is 0 Å². The van der Waals surface area contributed by atoms with Crippen LogP contribution in [0.15, 0.2) is 170 Å². The van der Waals surface area contributed by atoms with Crippen molar-refractivity contribution in [2.75, 3.05) is 0 Å². The van der Waals surface area contributed by atoms with Crippen molar-refractivity contribution in [3.05, 3.63) is 181 Å². The van der Waals surface area contributed by atoms with Crippen LogP contribution in [0.25, 0.3) is 94.3 Å². The minimum atomic E-state index is 0.0749. The number of hydrogen-bond donors (Lipinski definition) is 0. The molecule has 0 amide bonds. The van der Waals surface area contributed by atoms with Crippen LogP contribution in [0.5, 0.6) is 0 Å². The molecule has 0 unspecified atom stereocenters. The van der Waals surface area contributed by atoms with Crippen LogP contribution in [-0.4, -0.2) is 19.5 Å². The first-order chi connectivity index (χ1) is 28.7. The maximum absolute atomic E-state index is 5.30. The van der Waals surface area contributed by atoms with Gasteiger partial charge in [0.25, 0.3) is 0 Å². The van der Waals surface area contributed by atoms with E-state index >= 15 is 0 Å². The lowest BCUT2D eigenvalue weighted by Crippen LogP contribution is -2.33. The van der Waals surface area contributed by atoms with Gasteiger partial charge in [-0.1, -0.05) is 155 Å². The van der Waals surface area contributed by atoms with Crippen LogP contribution in [0.3, 0.4) is 0 Å². The van der Waals surface area contributed by atoms with E-state index in [1.54, 1.807) is 0 Å². The summed E-state index contributed by atoms with van der Waals surface area (Å²) in [4.78, 5) is 15.7. The van der Waals surface area contributed by atoms with Gasteiger partial charge in [-0.2, -0.15) is 0 Å². The van der Waals surface area contributed by atoms with Gasteiger partial charge in [-0.25, -0.2) is 15.0 Å². The fraction of sp³-hybridized carbons (Fsp3) is 0.145. The summed E-state index contributed by atoms with van der Waals surface area (Å²) in [6.45, 7) is 9.65. The molecule has 1 aliphatic carbocycles. The summed E-state index contributed by atoms with van der Waals surface area (Å²) in [6, 6.07) is 61.0. The first kappa shape index (κ1) is 35.3. The molecule has 4 nitrogen and oxygen atoms in total. The van der Waals surface area contributed by atoms with E-state index in [2.05, 4.69) is 184 Å². The van der Waals surface area contributed by atoms with Crippen LogP contribution in [0.4, 0.5) is 0 Å². The molecular weight excluding hydrogens is 717 g/mol. The Morgan fingerprint density at radius 2 is 0.898 bits per heavy atom. The maximum Gasteiger partial charge on any atom is 0.164 e. The average molecular weight is 761 g/mol. The monoisotopic (exact) mass is 760 g/mol. The van der Waals surface area contributed by atoms with Crippen LogP contribution in [0.2, 0.25) is 0 Å². The topological polar surface area (TPSA) is 43.6 Å². The Hall–Kier alpha value is -6.91. The molecule has 0 aliphatic heterocycles. The zero-order chi connectivity index (χ0) is 39.9. The van der Waals surface area contributed by atoms with Crippen molar-refractivity contribution in [2.45, 2.75) is 51.4 Å². The van der Waals surface area contributed by atoms with Gasteiger partial charge < -0.3 is 4.57 Å². The molecule has 0 saturated heterocycles. The van der Waals surface area contributed by atoms with E-state index in [1.807, 2.05) is 18.2 Å². The minimum absolute atomic E-state index is 0.0749. The van der Waals surface area contributed by atoms with Crippen LogP contribution < -0.4 is 0 Å². The van der Waals surface area contributed by atoms with Crippen molar-refractivity contribution in [3.8, 4) is 51.0 Å². The maximum atomic E-state index is 5.30. The summed E-state index contributed by atoms with van der Waals surface area (Å²) in [5.41, 5.74) is 11.8. The van der Waals surface area contributed by atoms with Crippen LogP contribution in [-0.2, 0) is 10.8 Å². The van der Waals surface area contributed by atoms with E-state index in [-0.39, 0.29) is 10.8 Å². The number of hydrogen-bond acceptors (Lipinski definition) is 3. The van der Waals surface area contributed by atoms with E-state index < -0.39 is 0 Å². The third-order valence-corrected chi connectivity index (χ3v) is 12.9. The van der Waals surface area contributed by atoms with E-state index in [0.29, 0.717) is 17.5 Å². The van der Waals surface area contributed by atoms with Gasteiger partial charge in [0.15, 0.2) is 17.5 Å². The molecule has 0 spiro atoms. The Morgan fingerprint density at radius 1 is 0.390 bits per heavy atom. The molecule has 8 aromatic carbocycles. The lowest BCUT2D eigenvalue weighted by Gasteiger charge is -2.42. The van der Waals surface area contributed by atoms with Gasteiger partial charge in [0, 0.05) is 33.2 Å². The van der Waals surface area contributed by atoms with Gasteiger partial charge in [-0.15, -0.1) is 0 Å². The Morgan fingerprint density at radius 3 is 1.61 bits per heavy atom. The predicted octanol–water partition coefficient (Wildman–Crippen LogP) is 14.3. The van der Waals surface area contributed by atoms with E-state index in [0.717, 1.165) is 39.6 Å². The Labute approximate surface area is 344 Å². The number of benzene rings is 8. The second-order valence-corrected chi connectivity index (χ2v) is 17.5. The Kier molecular flexibility index (Phi) is 7.96. The normalized spacial score (nSPS) is 14.6. The fourth-order valence-corrected chi connectivity index (χ4v) is 9.53. The third-order valence-electron chi connectivity index (χ3n) is 12.9. The lowest BCUT2D eigenvalue weighted by atomic mass is 9.63. The molecule has 11 rings (SSSR count).